The van der Waals surface area contributed by atoms with Crippen molar-refractivity contribution in [3.63, 3.8) is 0 Å². The number of nitrogens with one attached hydrogen (secondary N) is 1. The monoisotopic (exact) mass is 333 g/mol. The molecule has 0 atom stereocenters. The number of rotatable bonds is 4. The molecule has 7 heteroatoms. The number of nitrogens with zero attached hydrogens (tertiary/aromatic N) is 4. The summed E-state index contributed by atoms with van der Waals surface area (Å²) in [6.45, 7) is 8.55. The Morgan fingerprint density at radius 2 is 1.71 bits per heavy atom. The zero-order valence-electron chi connectivity index (χ0n) is 15.1. The smallest absolute Gasteiger partial charge is 0.232 e. The van der Waals surface area contributed by atoms with Crippen LogP contribution < -0.4 is 5.32 Å². The van der Waals surface area contributed by atoms with Crippen LogP contribution in [0.3, 0.4) is 0 Å². The van der Waals surface area contributed by atoms with Gasteiger partial charge in [-0.05, 0) is 12.8 Å². The van der Waals surface area contributed by atoms with Gasteiger partial charge in [0.25, 0.3) is 0 Å². The van der Waals surface area contributed by atoms with E-state index in [1.807, 2.05) is 6.92 Å². The van der Waals surface area contributed by atoms with Crippen LogP contribution in [0.4, 0.5) is 0 Å². The van der Waals surface area contributed by atoms with Crippen LogP contribution in [0, 0.1) is 6.92 Å². The van der Waals surface area contributed by atoms with Crippen LogP contribution in [0.2, 0.25) is 0 Å². The number of hydrogen-bond donors (Lipinski definition) is 1. The van der Waals surface area contributed by atoms with Gasteiger partial charge in [-0.15, -0.1) is 0 Å². The molecule has 0 saturated heterocycles. The van der Waals surface area contributed by atoms with Crippen molar-refractivity contribution >= 4 is 0 Å². The highest BCUT2D eigenvalue weighted by Gasteiger charge is 2.37. The Kier molecular flexibility index (Phi) is 4.71. The summed E-state index contributed by atoms with van der Waals surface area (Å²) in [5.41, 5.74) is -0.410. The molecule has 1 aliphatic carbocycles. The molecule has 2 aromatic heterocycles. The SMILES string of the molecule is Cc1nc(C2(NCc3noc(C(C)(C)C)n3)CCCCCC2)no1. The Morgan fingerprint density at radius 3 is 2.25 bits per heavy atom. The molecule has 1 aliphatic rings. The zero-order chi connectivity index (χ0) is 17.2. The summed E-state index contributed by atoms with van der Waals surface area (Å²) in [4.78, 5) is 9.02. The molecule has 2 aromatic rings. The van der Waals surface area contributed by atoms with E-state index in [-0.39, 0.29) is 11.0 Å². The van der Waals surface area contributed by atoms with Gasteiger partial charge in [0.05, 0.1) is 12.1 Å². The van der Waals surface area contributed by atoms with Crippen molar-refractivity contribution in [1.29, 1.82) is 0 Å². The Hall–Kier alpha value is -1.76. The van der Waals surface area contributed by atoms with Gasteiger partial charge in [-0.1, -0.05) is 56.8 Å². The van der Waals surface area contributed by atoms with Gasteiger partial charge in [0.15, 0.2) is 11.6 Å². The third-order valence-electron chi connectivity index (χ3n) is 4.61. The highest BCUT2D eigenvalue weighted by Crippen LogP contribution is 2.34. The fourth-order valence-electron chi connectivity index (χ4n) is 3.18. The number of aromatic nitrogens is 4. The first kappa shape index (κ1) is 17.1. The van der Waals surface area contributed by atoms with E-state index in [0.29, 0.717) is 24.2 Å². The first-order chi connectivity index (χ1) is 11.4. The number of aryl methyl sites for hydroxylation is 1. The lowest BCUT2D eigenvalue weighted by molar-refractivity contribution is 0.253. The van der Waals surface area contributed by atoms with Gasteiger partial charge in [0, 0.05) is 12.3 Å². The summed E-state index contributed by atoms with van der Waals surface area (Å²) < 4.78 is 10.6. The topological polar surface area (TPSA) is 89.9 Å². The minimum atomic E-state index is -0.267. The highest BCUT2D eigenvalue weighted by molar-refractivity contribution is 5.07. The van der Waals surface area contributed by atoms with E-state index < -0.39 is 0 Å². The minimum Gasteiger partial charge on any atom is -0.340 e. The molecule has 0 unspecified atom stereocenters. The number of hydrogen-bond acceptors (Lipinski definition) is 7. The standard InChI is InChI=1S/C17H27N5O2/c1-12-19-14(22-23-12)17(9-7-5-6-8-10-17)18-11-13-20-15(24-21-13)16(2,3)4/h18H,5-11H2,1-4H3. The Labute approximate surface area is 142 Å². The first-order valence-electron chi connectivity index (χ1n) is 8.78. The fraction of sp³-hybridized carbons (Fsp3) is 0.765. The molecule has 1 saturated carbocycles. The predicted molar refractivity (Wildman–Crippen MR) is 88.3 cm³/mol. The van der Waals surface area contributed by atoms with E-state index in [0.717, 1.165) is 31.5 Å². The maximum atomic E-state index is 5.39. The summed E-state index contributed by atoms with van der Waals surface area (Å²) in [5.74, 6) is 2.68. The Bertz CT molecular complexity index is 663. The predicted octanol–water partition coefficient (Wildman–Crippen LogP) is 3.40. The van der Waals surface area contributed by atoms with Gasteiger partial charge in [0.1, 0.15) is 0 Å². The molecule has 0 spiro atoms. The Morgan fingerprint density at radius 1 is 1.00 bits per heavy atom. The van der Waals surface area contributed by atoms with Crippen molar-refractivity contribution in [3.8, 4) is 0 Å². The molecular weight excluding hydrogens is 306 g/mol. The van der Waals surface area contributed by atoms with Gasteiger partial charge in [-0.2, -0.15) is 9.97 Å². The van der Waals surface area contributed by atoms with Crippen LogP contribution in [0.25, 0.3) is 0 Å². The lowest BCUT2D eigenvalue weighted by atomic mass is 9.89. The molecule has 0 amide bonds. The van der Waals surface area contributed by atoms with E-state index in [1.54, 1.807) is 0 Å². The second-order valence-electron chi connectivity index (χ2n) is 7.75. The van der Waals surface area contributed by atoms with Crippen molar-refractivity contribution in [2.45, 2.75) is 83.7 Å². The van der Waals surface area contributed by atoms with Gasteiger partial charge in [-0.3, -0.25) is 5.32 Å². The van der Waals surface area contributed by atoms with E-state index in [2.05, 4.69) is 46.4 Å². The molecule has 0 aliphatic heterocycles. The van der Waals surface area contributed by atoms with Gasteiger partial charge in [-0.25, -0.2) is 0 Å². The molecule has 0 radical (unpaired) electrons. The lowest BCUT2D eigenvalue weighted by Gasteiger charge is -2.30. The molecular formula is C17H27N5O2. The van der Waals surface area contributed by atoms with Crippen molar-refractivity contribution in [2.24, 2.45) is 0 Å². The molecule has 0 aromatic carbocycles. The summed E-state index contributed by atoms with van der Waals surface area (Å²) >= 11 is 0. The first-order valence-corrected chi connectivity index (χ1v) is 8.78. The summed E-state index contributed by atoms with van der Waals surface area (Å²) in [6, 6.07) is 0. The highest BCUT2D eigenvalue weighted by atomic mass is 16.5. The van der Waals surface area contributed by atoms with Crippen molar-refractivity contribution < 1.29 is 9.05 Å². The molecule has 7 nitrogen and oxygen atoms in total. The van der Waals surface area contributed by atoms with Gasteiger partial charge in [0.2, 0.25) is 11.8 Å². The van der Waals surface area contributed by atoms with Crippen molar-refractivity contribution in [2.75, 3.05) is 0 Å². The lowest BCUT2D eigenvalue weighted by Crippen LogP contribution is -2.42. The maximum absolute atomic E-state index is 5.39. The molecule has 2 heterocycles. The Balaban J connectivity index is 1.78. The van der Waals surface area contributed by atoms with Gasteiger partial charge < -0.3 is 9.05 Å². The largest absolute Gasteiger partial charge is 0.340 e. The van der Waals surface area contributed by atoms with Crippen molar-refractivity contribution in [3.05, 3.63) is 23.4 Å². The summed E-state index contributed by atoms with van der Waals surface area (Å²) in [6.07, 6.45) is 6.79. The second kappa shape index (κ2) is 6.63. The van der Waals surface area contributed by atoms with E-state index in [4.69, 9.17) is 9.05 Å². The quantitative estimate of drug-likeness (QED) is 0.858. The van der Waals surface area contributed by atoms with E-state index in [1.165, 1.54) is 12.8 Å². The van der Waals surface area contributed by atoms with Crippen LogP contribution in [0.5, 0.6) is 0 Å². The third-order valence-corrected chi connectivity index (χ3v) is 4.61. The van der Waals surface area contributed by atoms with E-state index in [9.17, 15) is 0 Å². The average Bonchev–Trinajstić information content (AvgIpc) is 3.10. The van der Waals surface area contributed by atoms with Crippen LogP contribution in [0.15, 0.2) is 9.05 Å². The van der Waals surface area contributed by atoms with Crippen LogP contribution in [-0.2, 0) is 17.5 Å². The van der Waals surface area contributed by atoms with Crippen LogP contribution >= 0.6 is 0 Å². The van der Waals surface area contributed by atoms with Crippen LogP contribution in [-0.4, -0.2) is 20.3 Å². The molecule has 24 heavy (non-hydrogen) atoms. The van der Waals surface area contributed by atoms with E-state index >= 15 is 0 Å². The zero-order valence-corrected chi connectivity index (χ0v) is 15.1. The summed E-state index contributed by atoms with van der Waals surface area (Å²) in [5, 5.41) is 11.9. The van der Waals surface area contributed by atoms with Crippen molar-refractivity contribution in [1.82, 2.24) is 25.6 Å². The molecule has 132 valence electrons. The summed E-state index contributed by atoms with van der Waals surface area (Å²) in [7, 11) is 0. The normalized spacial score (nSPS) is 18.5. The molecule has 1 N–H and O–H groups in total. The molecule has 1 fully saturated rings. The maximum Gasteiger partial charge on any atom is 0.232 e. The average molecular weight is 333 g/mol. The third kappa shape index (κ3) is 3.66. The van der Waals surface area contributed by atoms with Crippen LogP contribution in [0.1, 0.15) is 82.7 Å². The molecule has 3 rings (SSSR count). The van der Waals surface area contributed by atoms with Gasteiger partial charge >= 0.3 is 0 Å². The second-order valence-corrected chi connectivity index (χ2v) is 7.75. The fourth-order valence-corrected chi connectivity index (χ4v) is 3.18. The minimum absolute atomic E-state index is 0.143. The molecule has 0 bridgehead atoms.